The van der Waals surface area contributed by atoms with E-state index in [1.807, 2.05) is 71.9 Å². The van der Waals surface area contributed by atoms with Crippen LogP contribution in [0, 0.1) is 0 Å². The van der Waals surface area contributed by atoms with Crippen molar-refractivity contribution in [1.82, 2.24) is 0 Å². The number of nitrogens with zero attached hydrogens (tertiary/aromatic N) is 2. The summed E-state index contributed by atoms with van der Waals surface area (Å²) in [6, 6.07) is 26.4. The highest BCUT2D eigenvalue weighted by Gasteiger charge is 1.85. The normalized spacial score (nSPS) is 8.04. The molecule has 0 unspecified atom stereocenters. The molecule has 3 aromatic carbocycles. The zero-order chi connectivity index (χ0) is 21.3. The van der Waals surface area contributed by atoms with Gasteiger partial charge in [-0.2, -0.15) is 10.2 Å². The number of hydrogen-bond donors (Lipinski definition) is 1. The van der Waals surface area contributed by atoms with Gasteiger partial charge in [0.1, 0.15) is 0 Å². The van der Waals surface area contributed by atoms with Crippen LogP contribution in [0.3, 0.4) is 0 Å². The van der Waals surface area contributed by atoms with Gasteiger partial charge in [-0.1, -0.05) is 108 Å². The van der Waals surface area contributed by atoms with E-state index in [0.717, 1.165) is 12.8 Å². The maximum atomic E-state index is 7.00. The first-order valence-electron chi connectivity index (χ1n) is 9.63. The first-order chi connectivity index (χ1) is 13.4. The van der Waals surface area contributed by atoms with Crippen LogP contribution < -0.4 is 0 Å². The molecule has 0 aliphatic heterocycles. The Balaban J connectivity index is -0.000000314. The van der Waals surface area contributed by atoms with Crippen LogP contribution in [0.1, 0.15) is 41.5 Å². The van der Waals surface area contributed by atoms with Gasteiger partial charge in [0.05, 0.1) is 5.69 Å². The molecule has 0 amide bonds. The van der Waals surface area contributed by atoms with E-state index in [-0.39, 0.29) is 0 Å². The Hall–Kier alpha value is -2.52. The molecule has 150 valence electrons. The van der Waals surface area contributed by atoms with Gasteiger partial charge in [0, 0.05) is 14.2 Å². The van der Waals surface area contributed by atoms with Crippen molar-refractivity contribution in [2.75, 3.05) is 14.2 Å². The molecule has 0 aliphatic carbocycles. The largest absolute Gasteiger partial charge is 0.400 e. The maximum Gasteiger partial charge on any atom is 0.0852 e. The van der Waals surface area contributed by atoms with Gasteiger partial charge in [-0.15, -0.1) is 0 Å². The lowest BCUT2D eigenvalue weighted by atomic mass is 10.1. The summed E-state index contributed by atoms with van der Waals surface area (Å²) in [7, 11) is 2.66. The standard InChI is InChI=1S/C10H8.C7H8N2.3C2H6.CH4O/c1-2-6-10-8-4-3-7-9(10)5-1;1-8-9-7-5-3-2-4-6-7;4*1-2/h1-8H;2-6H,1H3;3*1-2H3;2H,1H3. The highest BCUT2D eigenvalue weighted by molar-refractivity contribution is 5.81. The molecule has 0 fully saturated rings. The smallest absolute Gasteiger partial charge is 0.0852 e. The number of aliphatic hydroxyl groups excluding tert-OH is 1. The second kappa shape index (κ2) is 25.7. The first-order valence-corrected chi connectivity index (χ1v) is 9.63. The van der Waals surface area contributed by atoms with E-state index in [0.29, 0.717) is 0 Å². The lowest BCUT2D eigenvalue weighted by molar-refractivity contribution is 0.399. The summed E-state index contributed by atoms with van der Waals surface area (Å²) >= 11 is 0. The zero-order valence-electron chi connectivity index (χ0n) is 18.3. The third kappa shape index (κ3) is 15.5. The molecule has 3 rings (SSSR count). The van der Waals surface area contributed by atoms with E-state index < -0.39 is 0 Å². The summed E-state index contributed by atoms with van der Waals surface area (Å²) in [6.45, 7) is 12.0. The summed E-state index contributed by atoms with van der Waals surface area (Å²) < 4.78 is 0. The first kappa shape index (κ1) is 29.3. The van der Waals surface area contributed by atoms with E-state index in [2.05, 4.69) is 58.8 Å². The van der Waals surface area contributed by atoms with Crippen LogP contribution in [-0.4, -0.2) is 19.3 Å². The van der Waals surface area contributed by atoms with Crippen molar-refractivity contribution in [1.29, 1.82) is 0 Å². The van der Waals surface area contributed by atoms with Crippen LogP contribution in [0.15, 0.2) is 89.1 Å². The Kier molecular flexibility index (Phi) is 27.9. The Morgan fingerprint density at radius 1 is 0.519 bits per heavy atom. The molecule has 1 N–H and O–H groups in total. The van der Waals surface area contributed by atoms with Gasteiger partial charge < -0.3 is 5.11 Å². The van der Waals surface area contributed by atoms with Crippen LogP contribution in [0.5, 0.6) is 0 Å². The number of fused-ring (bicyclic) bond motifs is 1. The molecule has 0 aliphatic rings. The van der Waals surface area contributed by atoms with E-state index in [1.54, 1.807) is 7.05 Å². The van der Waals surface area contributed by atoms with Crippen molar-refractivity contribution in [3.8, 4) is 0 Å². The highest BCUT2D eigenvalue weighted by Crippen LogP contribution is 2.11. The monoisotopic (exact) mass is 370 g/mol. The molecule has 0 spiro atoms. The third-order valence-corrected chi connectivity index (χ3v) is 2.63. The average molecular weight is 371 g/mol. The Morgan fingerprint density at radius 2 is 0.815 bits per heavy atom. The van der Waals surface area contributed by atoms with Crippen molar-refractivity contribution in [2.24, 2.45) is 10.2 Å². The van der Waals surface area contributed by atoms with Gasteiger partial charge in [-0.05, 0) is 22.9 Å². The summed E-state index contributed by atoms with van der Waals surface area (Å²) in [5, 5.41) is 17.1. The lowest BCUT2D eigenvalue weighted by Gasteiger charge is -1.92. The van der Waals surface area contributed by atoms with Crippen LogP contribution >= 0.6 is 0 Å². The minimum absolute atomic E-state index is 0.903. The maximum absolute atomic E-state index is 7.00. The second-order valence-corrected chi connectivity index (χ2v) is 3.98. The molecule has 0 atom stereocenters. The second-order valence-electron chi connectivity index (χ2n) is 3.98. The van der Waals surface area contributed by atoms with Crippen molar-refractivity contribution in [3.05, 3.63) is 78.9 Å². The molecule has 0 heterocycles. The fraction of sp³-hybridized carbons (Fsp3) is 0.333. The number of rotatable bonds is 1. The van der Waals surface area contributed by atoms with E-state index in [4.69, 9.17) is 5.11 Å². The van der Waals surface area contributed by atoms with Gasteiger partial charge in [0.2, 0.25) is 0 Å². The number of hydrogen-bond acceptors (Lipinski definition) is 3. The SMILES string of the molecule is CC.CC.CC.CN=Nc1ccccc1.CO.c1ccc2ccccc2c1. The predicted molar refractivity (Wildman–Crippen MR) is 123 cm³/mol. The molecule has 0 bridgehead atoms. The molecular weight excluding hydrogens is 332 g/mol. The Morgan fingerprint density at radius 3 is 1.11 bits per heavy atom. The van der Waals surface area contributed by atoms with Crippen LogP contribution in [-0.2, 0) is 0 Å². The van der Waals surface area contributed by atoms with Gasteiger partial charge in [0.15, 0.2) is 0 Å². The molecule has 3 heteroatoms. The van der Waals surface area contributed by atoms with Crippen LogP contribution in [0.4, 0.5) is 5.69 Å². The molecule has 0 radical (unpaired) electrons. The van der Waals surface area contributed by atoms with Crippen LogP contribution in [0.2, 0.25) is 0 Å². The lowest BCUT2D eigenvalue weighted by Crippen LogP contribution is -1.67. The van der Waals surface area contributed by atoms with Gasteiger partial charge in [0.25, 0.3) is 0 Å². The third-order valence-electron chi connectivity index (χ3n) is 2.63. The summed E-state index contributed by atoms with van der Waals surface area (Å²) in [4.78, 5) is 0. The zero-order valence-corrected chi connectivity index (χ0v) is 18.3. The molecule has 0 aromatic heterocycles. The average Bonchev–Trinajstić information content (AvgIpc) is 2.81. The van der Waals surface area contributed by atoms with Gasteiger partial charge >= 0.3 is 0 Å². The molecule has 0 saturated carbocycles. The molecule has 3 nitrogen and oxygen atoms in total. The summed E-state index contributed by atoms with van der Waals surface area (Å²) in [5.74, 6) is 0. The van der Waals surface area contributed by atoms with Gasteiger partial charge in [-0.25, -0.2) is 0 Å². The van der Waals surface area contributed by atoms with Crippen LogP contribution in [0.25, 0.3) is 10.8 Å². The highest BCUT2D eigenvalue weighted by atomic mass is 16.2. The molecule has 27 heavy (non-hydrogen) atoms. The molecule has 3 aromatic rings. The summed E-state index contributed by atoms with van der Waals surface area (Å²) in [5.41, 5.74) is 0.903. The molecule has 0 saturated heterocycles. The van der Waals surface area contributed by atoms with E-state index >= 15 is 0 Å². The topological polar surface area (TPSA) is 45.0 Å². The fourth-order valence-corrected chi connectivity index (χ4v) is 1.74. The Labute approximate surface area is 166 Å². The fourth-order valence-electron chi connectivity index (χ4n) is 1.74. The minimum Gasteiger partial charge on any atom is -0.400 e. The number of azo groups is 1. The van der Waals surface area contributed by atoms with Crippen molar-refractivity contribution < 1.29 is 5.11 Å². The number of aliphatic hydroxyl groups is 1. The minimum atomic E-state index is 0.903. The van der Waals surface area contributed by atoms with E-state index in [1.165, 1.54) is 10.8 Å². The quantitative estimate of drug-likeness (QED) is 0.434. The number of benzene rings is 3. The molecular formula is C24H38N2O. The van der Waals surface area contributed by atoms with E-state index in [9.17, 15) is 0 Å². The summed E-state index contributed by atoms with van der Waals surface area (Å²) in [6.07, 6.45) is 0. The Bertz CT molecular complexity index is 587. The van der Waals surface area contributed by atoms with Crippen molar-refractivity contribution in [2.45, 2.75) is 41.5 Å². The van der Waals surface area contributed by atoms with Crippen molar-refractivity contribution in [3.63, 3.8) is 0 Å². The van der Waals surface area contributed by atoms with Crippen molar-refractivity contribution >= 4 is 16.5 Å². The predicted octanol–water partition coefficient (Wildman–Crippen LogP) is 7.93. The van der Waals surface area contributed by atoms with Gasteiger partial charge in [-0.3, -0.25) is 0 Å².